The predicted molar refractivity (Wildman–Crippen MR) is 92.2 cm³/mol. The van der Waals surface area contributed by atoms with E-state index in [-0.39, 0.29) is 5.91 Å². The van der Waals surface area contributed by atoms with Crippen LogP contribution in [0.2, 0.25) is 0 Å². The molecule has 0 spiro atoms. The van der Waals surface area contributed by atoms with Gasteiger partial charge in [-0.2, -0.15) is 0 Å². The number of hydrogen-bond donors (Lipinski definition) is 2. The summed E-state index contributed by atoms with van der Waals surface area (Å²) >= 11 is 6.96. The molecule has 0 saturated heterocycles. The third kappa shape index (κ3) is 4.66. The van der Waals surface area contributed by atoms with E-state index in [1.807, 2.05) is 30.3 Å². The second kappa shape index (κ2) is 7.73. The fourth-order valence-electron chi connectivity index (χ4n) is 1.92. The van der Waals surface area contributed by atoms with Crippen molar-refractivity contribution in [2.45, 2.75) is 13.1 Å². The lowest BCUT2D eigenvalue weighted by molar-refractivity contribution is 0.0963. The Morgan fingerprint density at radius 2 is 1.57 bits per heavy atom. The first-order valence-electron chi connectivity index (χ1n) is 6.56. The normalized spacial score (nSPS) is 10.4. The summed E-state index contributed by atoms with van der Waals surface area (Å²) in [6.07, 6.45) is 0. The zero-order valence-corrected chi connectivity index (χ0v) is 14.8. The van der Waals surface area contributed by atoms with Gasteiger partial charge in [-0.3, -0.25) is 4.79 Å². The first-order valence-corrected chi connectivity index (χ1v) is 8.14. The van der Waals surface area contributed by atoms with Crippen molar-refractivity contribution >= 4 is 37.8 Å². The Balaban J connectivity index is 1.88. The molecule has 0 heterocycles. The monoisotopic (exact) mass is 410 g/mol. The molecule has 0 aromatic heterocycles. The van der Waals surface area contributed by atoms with Crippen molar-refractivity contribution in [3.05, 3.63) is 68.1 Å². The Kier molecular flexibility index (Phi) is 5.96. The van der Waals surface area contributed by atoms with Gasteiger partial charge in [0.25, 0.3) is 5.91 Å². The molecule has 5 heteroatoms. The number of benzene rings is 2. The average molecular weight is 412 g/mol. The minimum absolute atomic E-state index is 0.0609. The maximum atomic E-state index is 11.4. The molecule has 0 atom stereocenters. The van der Waals surface area contributed by atoms with E-state index in [0.717, 1.165) is 27.6 Å². The van der Waals surface area contributed by atoms with Crippen LogP contribution in [-0.4, -0.2) is 13.0 Å². The quantitative estimate of drug-likeness (QED) is 0.784. The number of amides is 1. The second-order valence-corrected chi connectivity index (χ2v) is 6.34. The molecule has 0 aliphatic carbocycles. The van der Waals surface area contributed by atoms with E-state index in [4.69, 9.17) is 0 Å². The van der Waals surface area contributed by atoms with Gasteiger partial charge in [0.2, 0.25) is 0 Å². The molecule has 110 valence electrons. The van der Waals surface area contributed by atoms with Crippen LogP contribution in [0.5, 0.6) is 0 Å². The Hall–Kier alpha value is -1.17. The SMILES string of the molecule is CNC(=O)c1ccc(CNCc2ccc(Br)c(Br)c2)cc1. The number of carbonyl (C=O) groups is 1. The van der Waals surface area contributed by atoms with Gasteiger partial charge in [-0.1, -0.05) is 18.2 Å². The zero-order valence-electron chi connectivity index (χ0n) is 11.6. The van der Waals surface area contributed by atoms with Crippen molar-refractivity contribution in [2.75, 3.05) is 7.05 Å². The summed E-state index contributed by atoms with van der Waals surface area (Å²) in [7, 11) is 1.63. The molecule has 0 unspecified atom stereocenters. The largest absolute Gasteiger partial charge is 0.355 e. The summed E-state index contributed by atoms with van der Waals surface area (Å²) in [6, 6.07) is 13.8. The molecule has 0 saturated carbocycles. The van der Waals surface area contributed by atoms with Crippen LogP contribution in [0.4, 0.5) is 0 Å². The van der Waals surface area contributed by atoms with Crippen molar-refractivity contribution in [1.82, 2.24) is 10.6 Å². The molecule has 0 aliphatic rings. The lowest BCUT2D eigenvalue weighted by atomic mass is 10.1. The maximum Gasteiger partial charge on any atom is 0.251 e. The summed E-state index contributed by atoms with van der Waals surface area (Å²) < 4.78 is 2.10. The number of carbonyl (C=O) groups excluding carboxylic acids is 1. The van der Waals surface area contributed by atoms with Crippen LogP contribution in [0, 0.1) is 0 Å². The predicted octanol–water partition coefficient (Wildman–Crippen LogP) is 3.86. The van der Waals surface area contributed by atoms with Crippen LogP contribution in [0.15, 0.2) is 51.4 Å². The van der Waals surface area contributed by atoms with Gasteiger partial charge in [0.15, 0.2) is 0 Å². The van der Waals surface area contributed by atoms with Crippen LogP contribution in [0.25, 0.3) is 0 Å². The van der Waals surface area contributed by atoms with Crippen LogP contribution in [-0.2, 0) is 13.1 Å². The highest BCUT2D eigenvalue weighted by molar-refractivity contribution is 9.13. The van der Waals surface area contributed by atoms with Gasteiger partial charge in [0.05, 0.1) is 0 Å². The fourth-order valence-corrected chi connectivity index (χ4v) is 2.59. The molecule has 21 heavy (non-hydrogen) atoms. The molecule has 0 bridgehead atoms. The summed E-state index contributed by atoms with van der Waals surface area (Å²) in [5.41, 5.74) is 3.05. The summed E-state index contributed by atoms with van der Waals surface area (Å²) in [5.74, 6) is -0.0609. The van der Waals surface area contributed by atoms with Crippen molar-refractivity contribution in [3.8, 4) is 0 Å². The molecule has 3 nitrogen and oxygen atoms in total. The first-order chi connectivity index (χ1) is 10.1. The van der Waals surface area contributed by atoms with Crippen LogP contribution in [0.3, 0.4) is 0 Å². The number of hydrogen-bond acceptors (Lipinski definition) is 2. The van der Waals surface area contributed by atoms with E-state index >= 15 is 0 Å². The highest BCUT2D eigenvalue weighted by Gasteiger charge is 2.02. The van der Waals surface area contributed by atoms with Crippen molar-refractivity contribution in [2.24, 2.45) is 0 Å². The summed E-state index contributed by atoms with van der Waals surface area (Å²) in [5, 5.41) is 6.00. The van der Waals surface area contributed by atoms with Crippen LogP contribution < -0.4 is 10.6 Å². The smallest absolute Gasteiger partial charge is 0.251 e. The molecule has 0 radical (unpaired) electrons. The second-order valence-electron chi connectivity index (χ2n) is 4.63. The van der Waals surface area contributed by atoms with E-state index in [1.54, 1.807) is 7.05 Å². The molecule has 2 aromatic rings. The zero-order chi connectivity index (χ0) is 15.2. The molecular formula is C16H16Br2N2O. The van der Waals surface area contributed by atoms with Gasteiger partial charge in [-0.25, -0.2) is 0 Å². The standard InChI is InChI=1S/C16H16Br2N2O/c1-19-16(21)13-5-2-11(3-6-13)9-20-10-12-4-7-14(17)15(18)8-12/h2-8,20H,9-10H2,1H3,(H,19,21). The highest BCUT2D eigenvalue weighted by Crippen LogP contribution is 2.23. The highest BCUT2D eigenvalue weighted by atomic mass is 79.9. The van der Waals surface area contributed by atoms with E-state index < -0.39 is 0 Å². The van der Waals surface area contributed by atoms with Gasteiger partial charge >= 0.3 is 0 Å². The van der Waals surface area contributed by atoms with E-state index in [0.29, 0.717) is 5.56 Å². The van der Waals surface area contributed by atoms with E-state index in [2.05, 4.69) is 54.6 Å². The van der Waals surface area contributed by atoms with Gasteiger partial charge in [-0.15, -0.1) is 0 Å². The Bertz CT molecular complexity index is 627. The minimum atomic E-state index is -0.0609. The van der Waals surface area contributed by atoms with Crippen molar-refractivity contribution in [3.63, 3.8) is 0 Å². The van der Waals surface area contributed by atoms with Gasteiger partial charge in [0, 0.05) is 34.6 Å². The van der Waals surface area contributed by atoms with Crippen LogP contribution >= 0.6 is 31.9 Å². The molecule has 0 fully saturated rings. The first kappa shape index (κ1) is 16.2. The Morgan fingerprint density at radius 3 is 2.19 bits per heavy atom. The molecule has 0 aliphatic heterocycles. The molecule has 2 aromatic carbocycles. The van der Waals surface area contributed by atoms with E-state index in [9.17, 15) is 4.79 Å². The lowest BCUT2D eigenvalue weighted by Gasteiger charge is -2.07. The van der Waals surface area contributed by atoms with Gasteiger partial charge < -0.3 is 10.6 Å². The third-order valence-corrected chi connectivity index (χ3v) is 4.97. The van der Waals surface area contributed by atoms with E-state index in [1.165, 1.54) is 5.56 Å². The number of nitrogens with one attached hydrogen (secondary N) is 2. The minimum Gasteiger partial charge on any atom is -0.355 e. The number of rotatable bonds is 5. The molecular weight excluding hydrogens is 396 g/mol. The van der Waals surface area contributed by atoms with Crippen LogP contribution in [0.1, 0.15) is 21.5 Å². The third-order valence-electron chi connectivity index (χ3n) is 3.09. The topological polar surface area (TPSA) is 41.1 Å². The van der Waals surface area contributed by atoms with Gasteiger partial charge in [-0.05, 0) is 67.3 Å². The lowest BCUT2D eigenvalue weighted by Crippen LogP contribution is -2.18. The Morgan fingerprint density at radius 1 is 0.952 bits per heavy atom. The number of halogens is 2. The average Bonchev–Trinajstić information content (AvgIpc) is 2.51. The van der Waals surface area contributed by atoms with Crippen molar-refractivity contribution in [1.29, 1.82) is 0 Å². The van der Waals surface area contributed by atoms with Crippen molar-refractivity contribution < 1.29 is 4.79 Å². The Labute approximate surface area is 141 Å². The molecule has 1 amide bonds. The molecule has 2 rings (SSSR count). The van der Waals surface area contributed by atoms with Gasteiger partial charge in [0.1, 0.15) is 0 Å². The molecule has 2 N–H and O–H groups in total. The summed E-state index contributed by atoms with van der Waals surface area (Å²) in [4.78, 5) is 11.4. The fraction of sp³-hybridized carbons (Fsp3) is 0.188. The summed E-state index contributed by atoms with van der Waals surface area (Å²) in [6.45, 7) is 1.56. The maximum absolute atomic E-state index is 11.4.